The Kier molecular flexibility index (Phi) is 9.79. The van der Waals surface area contributed by atoms with Gasteiger partial charge in [0.2, 0.25) is 11.8 Å². The molecule has 5 nitrogen and oxygen atoms in total. The van der Waals surface area contributed by atoms with Crippen molar-refractivity contribution in [3.05, 3.63) is 65.7 Å². The van der Waals surface area contributed by atoms with Crippen LogP contribution >= 0.6 is 0 Å². The molecule has 33 heavy (non-hydrogen) atoms. The lowest BCUT2D eigenvalue weighted by Crippen LogP contribution is -2.51. The van der Waals surface area contributed by atoms with Crippen LogP contribution in [0.1, 0.15) is 63.0 Å². The molecule has 2 aromatic rings. The molecule has 2 amide bonds. The van der Waals surface area contributed by atoms with Crippen LogP contribution in [0, 0.1) is 6.92 Å². The molecule has 0 spiro atoms. The van der Waals surface area contributed by atoms with E-state index in [1.165, 1.54) is 12.0 Å². The minimum atomic E-state index is -0.485. The SMILES string of the molecule is Cc1ccc(OCCCC(=O)N(CCc2ccccc2)C(C)C(=O)NC2CCCCC2)cc1. The summed E-state index contributed by atoms with van der Waals surface area (Å²) in [5.41, 5.74) is 2.35. The number of carbonyl (C=O) groups is 2. The molecule has 0 aliphatic heterocycles. The molecular weight excluding hydrogens is 412 g/mol. The summed E-state index contributed by atoms with van der Waals surface area (Å²) >= 11 is 0. The van der Waals surface area contributed by atoms with Crippen LogP contribution < -0.4 is 10.1 Å². The van der Waals surface area contributed by atoms with Gasteiger partial charge in [-0.1, -0.05) is 67.3 Å². The van der Waals surface area contributed by atoms with Crippen LogP contribution in [0.3, 0.4) is 0 Å². The molecule has 1 aliphatic rings. The predicted molar refractivity (Wildman–Crippen MR) is 132 cm³/mol. The number of hydrogen-bond donors (Lipinski definition) is 1. The molecule has 0 aromatic heterocycles. The van der Waals surface area contributed by atoms with Crippen molar-refractivity contribution in [2.75, 3.05) is 13.2 Å². The summed E-state index contributed by atoms with van der Waals surface area (Å²) in [6, 6.07) is 17.8. The molecular formula is C28H38N2O3. The zero-order chi connectivity index (χ0) is 23.5. The van der Waals surface area contributed by atoms with E-state index in [1.54, 1.807) is 4.90 Å². The summed E-state index contributed by atoms with van der Waals surface area (Å²) < 4.78 is 5.78. The van der Waals surface area contributed by atoms with E-state index in [4.69, 9.17) is 4.74 Å². The number of benzene rings is 2. The lowest BCUT2D eigenvalue weighted by atomic mass is 9.95. The molecule has 1 fully saturated rings. The van der Waals surface area contributed by atoms with Gasteiger partial charge in [-0.3, -0.25) is 9.59 Å². The maximum atomic E-state index is 13.1. The van der Waals surface area contributed by atoms with E-state index < -0.39 is 6.04 Å². The lowest BCUT2D eigenvalue weighted by Gasteiger charge is -2.31. The van der Waals surface area contributed by atoms with Crippen molar-refractivity contribution >= 4 is 11.8 Å². The van der Waals surface area contributed by atoms with Crippen LogP contribution in [0.5, 0.6) is 5.75 Å². The van der Waals surface area contributed by atoms with E-state index in [1.807, 2.05) is 56.3 Å². The third-order valence-electron chi connectivity index (χ3n) is 6.43. The zero-order valence-corrected chi connectivity index (χ0v) is 20.1. The molecule has 2 aromatic carbocycles. The minimum Gasteiger partial charge on any atom is -0.494 e. The molecule has 3 rings (SSSR count). The number of nitrogens with one attached hydrogen (secondary N) is 1. The second-order valence-corrected chi connectivity index (χ2v) is 9.11. The number of aryl methyl sites for hydroxylation is 1. The van der Waals surface area contributed by atoms with E-state index in [0.717, 1.165) is 43.4 Å². The largest absolute Gasteiger partial charge is 0.494 e. The fourth-order valence-electron chi connectivity index (χ4n) is 4.33. The first kappa shape index (κ1) is 24.8. The Morgan fingerprint density at radius 1 is 1.03 bits per heavy atom. The van der Waals surface area contributed by atoms with Gasteiger partial charge in [-0.2, -0.15) is 0 Å². The third kappa shape index (κ3) is 8.23. The van der Waals surface area contributed by atoms with Gasteiger partial charge in [0.1, 0.15) is 11.8 Å². The van der Waals surface area contributed by atoms with Crippen molar-refractivity contribution in [1.82, 2.24) is 10.2 Å². The highest BCUT2D eigenvalue weighted by molar-refractivity contribution is 5.87. The minimum absolute atomic E-state index is 0.00438. The molecule has 0 bridgehead atoms. The molecule has 5 heteroatoms. The Hall–Kier alpha value is -2.82. The van der Waals surface area contributed by atoms with Crippen LogP contribution in [0.2, 0.25) is 0 Å². The number of hydrogen-bond acceptors (Lipinski definition) is 3. The van der Waals surface area contributed by atoms with Crippen molar-refractivity contribution in [3.63, 3.8) is 0 Å². The van der Waals surface area contributed by atoms with Gasteiger partial charge in [0.05, 0.1) is 6.61 Å². The van der Waals surface area contributed by atoms with Crippen molar-refractivity contribution < 1.29 is 14.3 Å². The number of rotatable bonds is 11. The Morgan fingerprint density at radius 3 is 2.42 bits per heavy atom. The smallest absolute Gasteiger partial charge is 0.242 e. The zero-order valence-electron chi connectivity index (χ0n) is 20.1. The fourth-order valence-corrected chi connectivity index (χ4v) is 4.33. The Labute approximate surface area is 198 Å². The standard InChI is InChI=1S/C28H38N2O3/c1-22-15-17-26(18-16-22)33-21-9-14-27(31)30(20-19-24-10-5-3-6-11-24)23(2)28(32)29-25-12-7-4-8-13-25/h3,5-6,10-11,15-18,23,25H,4,7-9,12-14,19-21H2,1-2H3,(H,29,32). The second kappa shape index (κ2) is 13.0. The molecule has 1 N–H and O–H groups in total. The molecule has 0 saturated heterocycles. The summed E-state index contributed by atoms with van der Waals surface area (Å²) in [6.45, 7) is 4.90. The van der Waals surface area contributed by atoms with Crippen LogP contribution in [0.15, 0.2) is 54.6 Å². The third-order valence-corrected chi connectivity index (χ3v) is 6.43. The Bertz CT molecular complexity index is 860. The number of amides is 2. The number of ether oxygens (including phenoxy) is 1. The molecule has 0 radical (unpaired) electrons. The molecule has 178 valence electrons. The van der Waals surface area contributed by atoms with Crippen molar-refractivity contribution in [1.29, 1.82) is 0 Å². The van der Waals surface area contributed by atoms with E-state index in [0.29, 0.717) is 26.0 Å². The summed E-state index contributed by atoms with van der Waals surface area (Å²) in [5.74, 6) is 0.776. The van der Waals surface area contributed by atoms with Gasteiger partial charge >= 0.3 is 0 Å². The van der Waals surface area contributed by atoms with E-state index in [9.17, 15) is 9.59 Å². The Morgan fingerprint density at radius 2 is 1.73 bits per heavy atom. The predicted octanol–water partition coefficient (Wildman–Crippen LogP) is 5.06. The van der Waals surface area contributed by atoms with E-state index in [-0.39, 0.29) is 17.9 Å². The fraction of sp³-hybridized carbons (Fsp3) is 0.500. The first-order chi connectivity index (χ1) is 16.0. The van der Waals surface area contributed by atoms with Crippen LogP contribution in [0.4, 0.5) is 0 Å². The van der Waals surface area contributed by atoms with Crippen LogP contribution in [-0.4, -0.2) is 41.9 Å². The second-order valence-electron chi connectivity index (χ2n) is 9.11. The summed E-state index contributed by atoms with van der Waals surface area (Å²) in [4.78, 5) is 27.9. The molecule has 1 saturated carbocycles. The maximum Gasteiger partial charge on any atom is 0.242 e. The van der Waals surface area contributed by atoms with Crippen molar-refractivity contribution in [2.24, 2.45) is 0 Å². The molecule has 1 unspecified atom stereocenters. The summed E-state index contributed by atoms with van der Waals surface area (Å²) in [5, 5.41) is 3.19. The van der Waals surface area contributed by atoms with Gasteiger partial charge in [-0.15, -0.1) is 0 Å². The van der Waals surface area contributed by atoms with Gasteiger partial charge < -0.3 is 15.0 Å². The quantitative estimate of drug-likeness (QED) is 0.487. The highest BCUT2D eigenvalue weighted by atomic mass is 16.5. The van der Waals surface area contributed by atoms with Gasteiger partial charge in [0, 0.05) is 19.0 Å². The van der Waals surface area contributed by atoms with Crippen molar-refractivity contribution in [2.45, 2.75) is 77.3 Å². The van der Waals surface area contributed by atoms with Gasteiger partial charge in [-0.25, -0.2) is 0 Å². The van der Waals surface area contributed by atoms with Crippen LogP contribution in [-0.2, 0) is 16.0 Å². The van der Waals surface area contributed by atoms with Crippen molar-refractivity contribution in [3.8, 4) is 5.75 Å². The monoisotopic (exact) mass is 450 g/mol. The topological polar surface area (TPSA) is 58.6 Å². The first-order valence-electron chi connectivity index (χ1n) is 12.4. The normalized spacial score (nSPS) is 15.0. The molecule has 0 heterocycles. The molecule has 1 atom stereocenters. The van der Waals surface area contributed by atoms with Gasteiger partial charge in [0.25, 0.3) is 0 Å². The van der Waals surface area contributed by atoms with E-state index in [2.05, 4.69) is 17.4 Å². The summed E-state index contributed by atoms with van der Waals surface area (Å²) in [6.07, 6.45) is 7.35. The average Bonchev–Trinajstić information content (AvgIpc) is 2.84. The Balaban J connectivity index is 1.55. The number of nitrogens with zero attached hydrogens (tertiary/aromatic N) is 1. The maximum absolute atomic E-state index is 13.1. The van der Waals surface area contributed by atoms with E-state index >= 15 is 0 Å². The highest BCUT2D eigenvalue weighted by Crippen LogP contribution is 2.18. The first-order valence-corrected chi connectivity index (χ1v) is 12.4. The summed E-state index contributed by atoms with van der Waals surface area (Å²) in [7, 11) is 0. The number of carbonyl (C=O) groups excluding carboxylic acids is 2. The van der Waals surface area contributed by atoms with Gasteiger partial charge in [0.15, 0.2) is 0 Å². The highest BCUT2D eigenvalue weighted by Gasteiger charge is 2.27. The average molecular weight is 451 g/mol. The van der Waals surface area contributed by atoms with Gasteiger partial charge in [-0.05, 0) is 57.2 Å². The lowest BCUT2D eigenvalue weighted by molar-refractivity contribution is -0.140. The van der Waals surface area contributed by atoms with Crippen LogP contribution in [0.25, 0.3) is 0 Å². The molecule has 1 aliphatic carbocycles.